The van der Waals surface area contributed by atoms with E-state index < -0.39 is 10.8 Å². The van der Waals surface area contributed by atoms with E-state index in [1.807, 2.05) is 13.8 Å². The molecule has 96 valence electrons. The van der Waals surface area contributed by atoms with Crippen LogP contribution in [0.5, 0.6) is 5.88 Å². The van der Waals surface area contributed by atoms with E-state index in [9.17, 15) is 4.21 Å². The van der Waals surface area contributed by atoms with Crippen molar-refractivity contribution in [1.29, 1.82) is 0 Å². The lowest BCUT2D eigenvalue weighted by Gasteiger charge is -2.11. The molecule has 0 saturated carbocycles. The van der Waals surface area contributed by atoms with E-state index in [0.717, 1.165) is 6.42 Å². The Morgan fingerprint density at radius 2 is 2.29 bits per heavy atom. The lowest BCUT2D eigenvalue weighted by atomic mass is 10.4. The van der Waals surface area contributed by atoms with Crippen LogP contribution in [-0.2, 0) is 10.8 Å². The Balaban J connectivity index is 2.50. The summed E-state index contributed by atoms with van der Waals surface area (Å²) in [5, 5.41) is 3.21. The Morgan fingerprint density at radius 3 is 2.94 bits per heavy atom. The van der Waals surface area contributed by atoms with Crippen LogP contribution >= 0.6 is 0 Å². The average molecular weight is 257 g/mol. The Labute approximate surface area is 104 Å². The van der Waals surface area contributed by atoms with Gasteiger partial charge in [-0.1, -0.05) is 6.92 Å². The van der Waals surface area contributed by atoms with Gasteiger partial charge in [-0.25, -0.2) is 9.97 Å². The Bertz CT molecular complexity index is 373. The molecule has 1 N–H and O–H groups in total. The van der Waals surface area contributed by atoms with Crippen molar-refractivity contribution < 1.29 is 8.95 Å². The van der Waals surface area contributed by atoms with Crippen LogP contribution in [0, 0.1) is 0 Å². The highest BCUT2D eigenvalue weighted by Crippen LogP contribution is 2.11. The Morgan fingerprint density at radius 1 is 1.53 bits per heavy atom. The van der Waals surface area contributed by atoms with Crippen LogP contribution in [0.3, 0.4) is 0 Å². The number of nitrogens with one attached hydrogen (secondary N) is 1. The molecule has 0 fully saturated rings. The largest absolute Gasteiger partial charge is 0.478 e. The normalized spacial score (nSPS) is 14.1. The van der Waals surface area contributed by atoms with E-state index >= 15 is 0 Å². The van der Waals surface area contributed by atoms with Crippen LogP contribution in [0.25, 0.3) is 0 Å². The summed E-state index contributed by atoms with van der Waals surface area (Å²) < 4.78 is 16.6. The molecular weight excluding hydrogens is 238 g/mol. The van der Waals surface area contributed by atoms with Gasteiger partial charge >= 0.3 is 0 Å². The SMILES string of the molecule is CCCOc1cc(NCC(C)S(C)=O)ncn1. The molecule has 0 bridgehead atoms. The van der Waals surface area contributed by atoms with Crippen molar-refractivity contribution in [3.05, 3.63) is 12.4 Å². The van der Waals surface area contributed by atoms with E-state index in [1.54, 1.807) is 12.3 Å². The third-order valence-corrected chi connectivity index (χ3v) is 3.53. The van der Waals surface area contributed by atoms with Crippen molar-refractivity contribution in [2.75, 3.05) is 24.7 Å². The molecule has 0 spiro atoms. The molecule has 1 heterocycles. The second-order valence-corrected chi connectivity index (χ2v) is 5.58. The van der Waals surface area contributed by atoms with Gasteiger partial charge in [-0.2, -0.15) is 0 Å². The third-order valence-electron chi connectivity index (χ3n) is 2.23. The second-order valence-electron chi connectivity index (χ2n) is 3.78. The van der Waals surface area contributed by atoms with Gasteiger partial charge in [-0.3, -0.25) is 4.21 Å². The summed E-state index contributed by atoms with van der Waals surface area (Å²) in [4.78, 5) is 8.08. The summed E-state index contributed by atoms with van der Waals surface area (Å²) in [6, 6.07) is 1.75. The number of hydrogen-bond acceptors (Lipinski definition) is 5. The van der Waals surface area contributed by atoms with Crippen LogP contribution in [-0.4, -0.2) is 38.8 Å². The first-order valence-corrected chi connectivity index (χ1v) is 7.26. The van der Waals surface area contributed by atoms with Crippen molar-refractivity contribution in [3.63, 3.8) is 0 Å². The van der Waals surface area contributed by atoms with Crippen LogP contribution in [0.4, 0.5) is 5.82 Å². The fourth-order valence-corrected chi connectivity index (χ4v) is 1.41. The quantitative estimate of drug-likeness (QED) is 0.801. The summed E-state index contributed by atoms with van der Waals surface area (Å²) >= 11 is 0. The third kappa shape index (κ3) is 5.12. The molecule has 0 radical (unpaired) electrons. The Kier molecular flexibility index (Phi) is 5.90. The lowest BCUT2D eigenvalue weighted by molar-refractivity contribution is 0.305. The molecule has 2 unspecified atom stereocenters. The number of aromatic nitrogens is 2. The molecule has 0 saturated heterocycles. The minimum Gasteiger partial charge on any atom is -0.478 e. The minimum atomic E-state index is -0.831. The molecule has 2 atom stereocenters. The first-order valence-electron chi connectivity index (χ1n) is 5.64. The molecule has 1 rings (SSSR count). The molecule has 0 aliphatic rings. The van der Waals surface area contributed by atoms with Gasteiger partial charge in [0, 0.05) is 34.9 Å². The molecule has 17 heavy (non-hydrogen) atoms. The van der Waals surface area contributed by atoms with Gasteiger partial charge in [0.2, 0.25) is 5.88 Å². The maximum Gasteiger partial charge on any atom is 0.218 e. The van der Waals surface area contributed by atoms with Gasteiger partial charge in [0.1, 0.15) is 12.1 Å². The highest BCUT2D eigenvalue weighted by molar-refractivity contribution is 7.84. The fourth-order valence-electron chi connectivity index (χ4n) is 1.09. The predicted molar refractivity (Wildman–Crippen MR) is 69.8 cm³/mol. The molecule has 1 aromatic heterocycles. The summed E-state index contributed by atoms with van der Waals surface area (Å²) in [5.74, 6) is 1.26. The first kappa shape index (κ1) is 13.9. The van der Waals surface area contributed by atoms with Crippen molar-refractivity contribution in [2.45, 2.75) is 25.5 Å². The zero-order valence-electron chi connectivity index (χ0n) is 10.5. The van der Waals surface area contributed by atoms with Crippen LogP contribution in [0.2, 0.25) is 0 Å². The van der Waals surface area contributed by atoms with Crippen LogP contribution in [0.1, 0.15) is 20.3 Å². The molecule has 0 aliphatic carbocycles. The lowest BCUT2D eigenvalue weighted by Crippen LogP contribution is -2.21. The van der Waals surface area contributed by atoms with Crippen molar-refractivity contribution in [2.24, 2.45) is 0 Å². The standard InChI is InChI=1S/C11H19N3O2S/c1-4-5-16-11-6-10(13-8-14-11)12-7-9(2)17(3)15/h6,8-9H,4-5,7H2,1-3H3,(H,12,13,14). The van der Waals surface area contributed by atoms with Gasteiger partial charge in [0.05, 0.1) is 6.61 Å². The van der Waals surface area contributed by atoms with E-state index in [4.69, 9.17) is 4.74 Å². The second kappa shape index (κ2) is 7.21. The van der Waals surface area contributed by atoms with Crippen molar-refractivity contribution in [3.8, 4) is 5.88 Å². The molecule has 0 aromatic carbocycles. The smallest absolute Gasteiger partial charge is 0.218 e. The number of hydrogen-bond donors (Lipinski definition) is 1. The monoisotopic (exact) mass is 257 g/mol. The summed E-state index contributed by atoms with van der Waals surface area (Å²) in [6.07, 6.45) is 4.10. The fraction of sp³-hybridized carbons (Fsp3) is 0.636. The molecule has 1 aromatic rings. The summed E-state index contributed by atoms with van der Waals surface area (Å²) in [7, 11) is -0.831. The zero-order chi connectivity index (χ0) is 12.7. The molecule has 6 heteroatoms. The molecule has 0 amide bonds. The van der Waals surface area contributed by atoms with E-state index in [2.05, 4.69) is 15.3 Å². The zero-order valence-corrected chi connectivity index (χ0v) is 11.3. The topological polar surface area (TPSA) is 64.1 Å². The first-order chi connectivity index (χ1) is 8.13. The number of ether oxygens (including phenoxy) is 1. The van der Waals surface area contributed by atoms with Gasteiger partial charge in [-0.15, -0.1) is 0 Å². The minimum absolute atomic E-state index is 0.0879. The van der Waals surface area contributed by atoms with Gasteiger partial charge < -0.3 is 10.1 Å². The summed E-state index contributed by atoms with van der Waals surface area (Å²) in [5.41, 5.74) is 0. The van der Waals surface area contributed by atoms with E-state index in [-0.39, 0.29) is 5.25 Å². The van der Waals surface area contributed by atoms with Crippen molar-refractivity contribution >= 4 is 16.6 Å². The van der Waals surface area contributed by atoms with Crippen LogP contribution in [0.15, 0.2) is 12.4 Å². The van der Waals surface area contributed by atoms with E-state index in [1.165, 1.54) is 6.33 Å². The number of nitrogens with zero attached hydrogens (tertiary/aromatic N) is 2. The van der Waals surface area contributed by atoms with Gasteiger partial charge in [-0.05, 0) is 13.3 Å². The van der Waals surface area contributed by atoms with E-state index in [0.29, 0.717) is 24.8 Å². The number of rotatable bonds is 7. The maximum atomic E-state index is 11.2. The highest BCUT2D eigenvalue weighted by atomic mass is 32.2. The maximum absolute atomic E-state index is 11.2. The van der Waals surface area contributed by atoms with Gasteiger partial charge in [0.25, 0.3) is 0 Å². The van der Waals surface area contributed by atoms with Gasteiger partial charge in [0.15, 0.2) is 0 Å². The predicted octanol–water partition coefficient (Wildman–Crippen LogP) is 1.44. The Hall–Kier alpha value is -1.17. The highest BCUT2D eigenvalue weighted by Gasteiger charge is 2.06. The number of anilines is 1. The van der Waals surface area contributed by atoms with Crippen molar-refractivity contribution in [1.82, 2.24) is 9.97 Å². The molecule has 0 aliphatic heterocycles. The summed E-state index contributed by atoms with van der Waals surface area (Å²) in [6.45, 7) is 5.23. The van der Waals surface area contributed by atoms with Crippen LogP contribution < -0.4 is 10.1 Å². The molecular formula is C11H19N3O2S. The molecule has 5 nitrogen and oxygen atoms in total. The average Bonchev–Trinajstić information content (AvgIpc) is 2.33.